The van der Waals surface area contributed by atoms with Crippen molar-refractivity contribution in [3.63, 3.8) is 0 Å². The molecule has 1 aliphatic rings. The molecule has 3 nitrogen and oxygen atoms in total. The molecule has 16 heavy (non-hydrogen) atoms. The van der Waals surface area contributed by atoms with Crippen LogP contribution in [0.15, 0.2) is 18.6 Å². The maximum absolute atomic E-state index is 4.36. The zero-order chi connectivity index (χ0) is 11.2. The Morgan fingerprint density at radius 3 is 3.00 bits per heavy atom. The molecule has 0 saturated heterocycles. The highest BCUT2D eigenvalue weighted by Crippen LogP contribution is 2.35. The lowest BCUT2D eigenvalue weighted by Gasteiger charge is -2.17. The first-order valence-electron chi connectivity index (χ1n) is 6.39. The number of aromatic nitrogens is 2. The van der Waals surface area contributed by atoms with Crippen LogP contribution < -0.4 is 5.32 Å². The average molecular weight is 219 g/mol. The van der Waals surface area contributed by atoms with E-state index in [1.807, 2.05) is 12.3 Å². The van der Waals surface area contributed by atoms with Gasteiger partial charge >= 0.3 is 0 Å². The summed E-state index contributed by atoms with van der Waals surface area (Å²) in [6.45, 7) is 3.27. The third kappa shape index (κ3) is 3.56. The van der Waals surface area contributed by atoms with Gasteiger partial charge < -0.3 is 5.32 Å². The zero-order valence-corrected chi connectivity index (χ0v) is 10.0. The molecule has 0 spiro atoms. The summed E-state index contributed by atoms with van der Waals surface area (Å²) >= 11 is 0. The second kappa shape index (κ2) is 5.94. The normalized spacial score (nSPS) is 17.3. The predicted molar refractivity (Wildman–Crippen MR) is 65.0 cm³/mol. The Labute approximate surface area is 97.7 Å². The van der Waals surface area contributed by atoms with E-state index in [9.17, 15) is 0 Å². The fourth-order valence-corrected chi connectivity index (χ4v) is 1.99. The molecule has 1 aliphatic carbocycles. The van der Waals surface area contributed by atoms with Gasteiger partial charge in [-0.3, -0.25) is 0 Å². The lowest BCUT2D eigenvalue weighted by Crippen LogP contribution is -2.23. The van der Waals surface area contributed by atoms with Crippen molar-refractivity contribution >= 4 is 0 Å². The third-order valence-electron chi connectivity index (χ3n) is 3.16. The third-order valence-corrected chi connectivity index (χ3v) is 3.16. The minimum atomic E-state index is 0.420. The van der Waals surface area contributed by atoms with Gasteiger partial charge in [0.15, 0.2) is 0 Å². The standard InChI is InChI=1S/C13H21N3/c1-2-8-15-12(6-5-11-3-4-11)13-7-9-14-10-16-13/h7,9-12,15H,2-6,8H2,1H3. The Morgan fingerprint density at radius 2 is 2.38 bits per heavy atom. The van der Waals surface area contributed by atoms with E-state index < -0.39 is 0 Å². The lowest BCUT2D eigenvalue weighted by atomic mass is 10.1. The van der Waals surface area contributed by atoms with Gasteiger partial charge in [-0.1, -0.05) is 19.8 Å². The SMILES string of the molecule is CCCNC(CCC1CC1)c1ccncn1. The van der Waals surface area contributed by atoms with Crippen molar-refractivity contribution in [3.8, 4) is 0 Å². The first-order chi connectivity index (χ1) is 7.90. The van der Waals surface area contributed by atoms with Crippen molar-refractivity contribution in [2.24, 2.45) is 5.92 Å². The van der Waals surface area contributed by atoms with Gasteiger partial charge in [0.25, 0.3) is 0 Å². The summed E-state index contributed by atoms with van der Waals surface area (Å²) in [4.78, 5) is 8.33. The van der Waals surface area contributed by atoms with Crippen molar-refractivity contribution in [3.05, 3.63) is 24.3 Å². The van der Waals surface area contributed by atoms with Crippen LogP contribution in [0.4, 0.5) is 0 Å². The lowest BCUT2D eigenvalue weighted by molar-refractivity contribution is 0.460. The zero-order valence-electron chi connectivity index (χ0n) is 10.0. The Morgan fingerprint density at radius 1 is 1.50 bits per heavy atom. The second-order valence-corrected chi connectivity index (χ2v) is 4.66. The molecule has 1 aromatic heterocycles. The van der Waals surface area contributed by atoms with Crippen molar-refractivity contribution in [2.75, 3.05) is 6.54 Å². The molecule has 2 rings (SSSR count). The molecule has 0 aliphatic heterocycles. The molecule has 0 aromatic carbocycles. The molecular formula is C13H21N3. The summed E-state index contributed by atoms with van der Waals surface area (Å²) in [6, 6.07) is 2.45. The van der Waals surface area contributed by atoms with E-state index in [-0.39, 0.29) is 0 Å². The Hall–Kier alpha value is -0.960. The van der Waals surface area contributed by atoms with E-state index >= 15 is 0 Å². The molecule has 0 bridgehead atoms. The van der Waals surface area contributed by atoms with E-state index in [2.05, 4.69) is 22.2 Å². The minimum absolute atomic E-state index is 0.420. The van der Waals surface area contributed by atoms with Crippen LogP contribution in [0.25, 0.3) is 0 Å². The molecule has 0 amide bonds. The first kappa shape index (κ1) is 11.5. The van der Waals surface area contributed by atoms with Crippen LogP contribution in [0.3, 0.4) is 0 Å². The predicted octanol–water partition coefficient (Wildman–Crippen LogP) is 2.71. The van der Waals surface area contributed by atoms with Crippen LogP contribution in [-0.4, -0.2) is 16.5 Å². The Balaban J connectivity index is 1.89. The van der Waals surface area contributed by atoms with Crippen molar-refractivity contribution in [2.45, 2.75) is 45.1 Å². The number of rotatable bonds is 7. The number of nitrogens with zero attached hydrogens (tertiary/aromatic N) is 2. The highest BCUT2D eigenvalue weighted by Gasteiger charge is 2.23. The summed E-state index contributed by atoms with van der Waals surface area (Å²) in [7, 11) is 0. The van der Waals surface area contributed by atoms with Gasteiger partial charge in [0, 0.05) is 12.2 Å². The van der Waals surface area contributed by atoms with Gasteiger partial charge in [0.1, 0.15) is 6.33 Å². The Kier molecular flexibility index (Phi) is 4.28. The fraction of sp³-hybridized carbons (Fsp3) is 0.692. The molecule has 1 heterocycles. The van der Waals surface area contributed by atoms with E-state index in [4.69, 9.17) is 0 Å². The van der Waals surface area contributed by atoms with Crippen LogP contribution >= 0.6 is 0 Å². The molecule has 1 unspecified atom stereocenters. The molecule has 3 heteroatoms. The topological polar surface area (TPSA) is 37.8 Å². The van der Waals surface area contributed by atoms with E-state index in [1.54, 1.807) is 6.33 Å². The molecule has 1 fully saturated rings. The molecule has 88 valence electrons. The average Bonchev–Trinajstić information content (AvgIpc) is 3.14. The highest BCUT2D eigenvalue weighted by molar-refractivity contribution is 5.04. The van der Waals surface area contributed by atoms with E-state index in [1.165, 1.54) is 32.1 Å². The second-order valence-electron chi connectivity index (χ2n) is 4.66. The molecule has 1 aromatic rings. The smallest absolute Gasteiger partial charge is 0.115 e. The first-order valence-corrected chi connectivity index (χ1v) is 6.39. The molecule has 1 atom stereocenters. The maximum Gasteiger partial charge on any atom is 0.115 e. The van der Waals surface area contributed by atoms with Crippen LogP contribution in [0.1, 0.15) is 50.8 Å². The maximum atomic E-state index is 4.36. The molecule has 1 saturated carbocycles. The highest BCUT2D eigenvalue weighted by atomic mass is 14.9. The molecule has 1 N–H and O–H groups in total. The van der Waals surface area contributed by atoms with Gasteiger partial charge in [0.2, 0.25) is 0 Å². The number of nitrogens with one attached hydrogen (secondary N) is 1. The Bertz CT molecular complexity index is 295. The van der Waals surface area contributed by atoms with Crippen molar-refractivity contribution in [1.29, 1.82) is 0 Å². The van der Waals surface area contributed by atoms with Crippen molar-refractivity contribution < 1.29 is 0 Å². The van der Waals surface area contributed by atoms with Crippen LogP contribution in [-0.2, 0) is 0 Å². The van der Waals surface area contributed by atoms with Crippen LogP contribution in [0.5, 0.6) is 0 Å². The summed E-state index contributed by atoms with van der Waals surface area (Å²) in [5, 5.41) is 3.58. The van der Waals surface area contributed by atoms with Gasteiger partial charge in [-0.05, 0) is 37.8 Å². The number of hydrogen-bond acceptors (Lipinski definition) is 3. The fourth-order valence-electron chi connectivity index (χ4n) is 1.99. The van der Waals surface area contributed by atoms with E-state index in [0.29, 0.717) is 6.04 Å². The van der Waals surface area contributed by atoms with Gasteiger partial charge in [-0.2, -0.15) is 0 Å². The van der Waals surface area contributed by atoms with Crippen LogP contribution in [0.2, 0.25) is 0 Å². The molecular weight excluding hydrogens is 198 g/mol. The van der Waals surface area contributed by atoms with Crippen molar-refractivity contribution in [1.82, 2.24) is 15.3 Å². The summed E-state index contributed by atoms with van der Waals surface area (Å²) in [6.07, 6.45) is 10.1. The summed E-state index contributed by atoms with van der Waals surface area (Å²) in [5.74, 6) is 0.993. The van der Waals surface area contributed by atoms with Crippen LogP contribution in [0, 0.1) is 5.92 Å². The summed E-state index contributed by atoms with van der Waals surface area (Å²) in [5.41, 5.74) is 1.14. The van der Waals surface area contributed by atoms with Gasteiger partial charge in [-0.25, -0.2) is 9.97 Å². The number of hydrogen-bond donors (Lipinski definition) is 1. The van der Waals surface area contributed by atoms with Gasteiger partial charge in [0.05, 0.1) is 5.69 Å². The minimum Gasteiger partial charge on any atom is -0.309 e. The quantitative estimate of drug-likeness (QED) is 0.766. The van der Waals surface area contributed by atoms with Gasteiger partial charge in [-0.15, -0.1) is 0 Å². The largest absolute Gasteiger partial charge is 0.309 e. The van der Waals surface area contributed by atoms with E-state index in [0.717, 1.165) is 18.2 Å². The monoisotopic (exact) mass is 219 g/mol. The molecule has 0 radical (unpaired) electrons. The summed E-state index contributed by atoms with van der Waals surface area (Å²) < 4.78 is 0.